The van der Waals surface area contributed by atoms with Gasteiger partial charge in [-0.1, -0.05) is 22.0 Å². The van der Waals surface area contributed by atoms with Crippen LogP contribution in [0.4, 0.5) is 5.69 Å². The van der Waals surface area contributed by atoms with E-state index in [1.807, 2.05) is 18.2 Å². The van der Waals surface area contributed by atoms with E-state index < -0.39 is 0 Å². The van der Waals surface area contributed by atoms with Gasteiger partial charge in [-0.3, -0.25) is 4.79 Å². The number of amides is 1. The number of carbonyl (C=O) groups is 1. The second kappa shape index (κ2) is 5.82. The van der Waals surface area contributed by atoms with Crippen molar-refractivity contribution in [3.8, 4) is 0 Å². The molecule has 2 rings (SSSR count). The third-order valence-electron chi connectivity index (χ3n) is 2.98. The molecule has 0 saturated carbocycles. The zero-order valence-electron chi connectivity index (χ0n) is 10.7. The first-order valence-corrected chi connectivity index (χ1v) is 6.85. The van der Waals surface area contributed by atoms with Gasteiger partial charge in [-0.2, -0.15) is 0 Å². The number of halogens is 1. The van der Waals surface area contributed by atoms with Gasteiger partial charge in [0.1, 0.15) is 6.04 Å². The summed E-state index contributed by atoms with van der Waals surface area (Å²) in [6, 6.07) is 5.68. The molecule has 2 N–H and O–H groups in total. The second-order valence-electron chi connectivity index (χ2n) is 4.76. The topological polar surface area (TPSA) is 44.4 Å². The van der Waals surface area contributed by atoms with Crippen molar-refractivity contribution in [2.45, 2.75) is 12.5 Å². The molecule has 1 aromatic rings. The van der Waals surface area contributed by atoms with Crippen LogP contribution in [0, 0.1) is 0 Å². The zero-order chi connectivity index (χ0) is 13.1. The molecule has 1 unspecified atom stereocenters. The SMILES string of the molecule is CN(C)CCCNC1C(=O)Nc2cc(Br)ccc21. The van der Waals surface area contributed by atoms with E-state index in [2.05, 4.69) is 45.6 Å². The number of rotatable bonds is 5. The van der Waals surface area contributed by atoms with Gasteiger partial charge in [0.25, 0.3) is 0 Å². The highest BCUT2D eigenvalue weighted by molar-refractivity contribution is 9.10. The fraction of sp³-hybridized carbons (Fsp3) is 0.462. The Bertz CT molecular complexity index is 448. The summed E-state index contributed by atoms with van der Waals surface area (Å²) in [7, 11) is 4.10. The third-order valence-corrected chi connectivity index (χ3v) is 3.47. The first-order valence-electron chi connectivity index (χ1n) is 6.06. The second-order valence-corrected chi connectivity index (χ2v) is 5.68. The minimum atomic E-state index is -0.213. The smallest absolute Gasteiger partial charge is 0.246 e. The molecule has 98 valence electrons. The molecule has 0 spiro atoms. The Morgan fingerprint density at radius 3 is 2.94 bits per heavy atom. The van der Waals surface area contributed by atoms with E-state index in [-0.39, 0.29) is 11.9 Å². The third kappa shape index (κ3) is 3.10. The molecule has 0 radical (unpaired) electrons. The van der Waals surface area contributed by atoms with Gasteiger partial charge < -0.3 is 15.5 Å². The molecule has 1 aliphatic rings. The van der Waals surface area contributed by atoms with Gasteiger partial charge in [-0.05, 0) is 45.7 Å². The Labute approximate surface area is 116 Å². The first kappa shape index (κ1) is 13.5. The van der Waals surface area contributed by atoms with Crippen LogP contribution in [0.25, 0.3) is 0 Å². The molecule has 18 heavy (non-hydrogen) atoms. The summed E-state index contributed by atoms with van der Waals surface area (Å²) in [4.78, 5) is 14.0. The Morgan fingerprint density at radius 1 is 1.44 bits per heavy atom. The number of carbonyl (C=O) groups excluding carboxylic acids is 1. The van der Waals surface area contributed by atoms with Crippen LogP contribution < -0.4 is 10.6 Å². The maximum atomic E-state index is 11.9. The summed E-state index contributed by atoms with van der Waals surface area (Å²) in [6.07, 6.45) is 1.03. The lowest BCUT2D eigenvalue weighted by molar-refractivity contribution is -0.117. The summed E-state index contributed by atoms with van der Waals surface area (Å²) in [5.74, 6) is 0.0351. The van der Waals surface area contributed by atoms with Gasteiger partial charge in [0.15, 0.2) is 0 Å². The van der Waals surface area contributed by atoms with Gasteiger partial charge >= 0.3 is 0 Å². The average molecular weight is 312 g/mol. The van der Waals surface area contributed by atoms with E-state index in [1.165, 1.54) is 0 Å². The van der Waals surface area contributed by atoms with Crippen molar-refractivity contribution in [2.75, 3.05) is 32.5 Å². The summed E-state index contributed by atoms with van der Waals surface area (Å²) < 4.78 is 0.981. The quantitative estimate of drug-likeness (QED) is 0.817. The Hall–Kier alpha value is -0.910. The van der Waals surface area contributed by atoms with Crippen LogP contribution in [0.1, 0.15) is 18.0 Å². The molecule has 0 saturated heterocycles. The van der Waals surface area contributed by atoms with Crippen LogP contribution in [0.15, 0.2) is 22.7 Å². The average Bonchev–Trinajstić information content (AvgIpc) is 2.59. The van der Waals surface area contributed by atoms with Crippen LogP contribution in [0.2, 0.25) is 0 Å². The standard InChI is InChI=1S/C13H18BrN3O/c1-17(2)7-3-6-15-12-10-5-4-9(14)8-11(10)16-13(12)18/h4-5,8,12,15H,3,6-7H2,1-2H3,(H,16,18). The molecule has 1 atom stereocenters. The van der Waals surface area contributed by atoms with Crippen LogP contribution in [-0.4, -0.2) is 38.0 Å². The molecule has 1 aliphatic heterocycles. The number of nitrogens with one attached hydrogen (secondary N) is 2. The van der Waals surface area contributed by atoms with Gasteiger partial charge in [-0.25, -0.2) is 0 Å². The minimum absolute atomic E-state index is 0.0351. The molecule has 0 bridgehead atoms. The van der Waals surface area contributed by atoms with Crippen molar-refractivity contribution >= 4 is 27.5 Å². The molecular weight excluding hydrogens is 294 g/mol. The van der Waals surface area contributed by atoms with Crippen molar-refractivity contribution in [2.24, 2.45) is 0 Å². The van der Waals surface area contributed by atoms with Gasteiger partial charge in [-0.15, -0.1) is 0 Å². The highest BCUT2D eigenvalue weighted by Gasteiger charge is 2.29. The number of fused-ring (bicyclic) bond motifs is 1. The number of benzene rings is 1. The highest BCUT2D eigenvalue weighted by atomic mass is 79.9. The number of hydrogen-bond donors (Lipinski definition) is 2. The normalized spacial score (nSPS) is 18.0. The van der Waals surface area contributed by atoms with Gasteiger partial charge in [0.05, 0.1) is 0 Å². The van der Waals surface area contributed by atoms with E-state index in [1.54, 1.807) is 0 Å². The predicted molar refractivity (Wildman–Crippen MR) is 76.7 cm³/mol. The van der Waals surface area contributed by atoms with Crippen LogP contribution in [-0.2, 0) is 4.79 Å². The summed E-state index contributed by atoms with van der Waals surface area (Å²) in [5.41, 5.74) is 1.94. The lowest BCUT2D eigenvalue weighted by Crippen LogP contribution is -2.29. The number of nitrogens with zero attached hydrogens (tertiary/aromatic N) is 1. The molecule has 5 heteroatoms. The molecule has 1 aromatic carbocycles. The zero-order valence-corrected chi connectivity index (χ0v) is 12.3. The lowest BCUT2D eigenvalue weighted by atomic mass is 10.1. The molecule has 0 fully saturated rings. The van der Waals surface area contributed by atoms with E-state index in [0.717, 1.165) is 35.2 Å². The monoisotopic (exact) mass is 311 g/mol. The minimum Gasteiger partial charge on any atom is -0.324 e. The predicted octanol–water partition coefficient (Wildman–Crippen LogP) is 1.98. The van der Waals surface area contributed by atoms with Crippen molar-refractivity contribution in [3.05, 3.63) is 28.2 Å². The summed E-state index contributed by atoms with van der Waals surface area (Å²) in [6.45, 7) is 1.86. The molecule has 1 heterocycles. The lowest BCUT2D eigenvalue weighted by Gasteiger charge is -2.13. The fourth-order valence-corrected chi connectivity index (χ4v) is 2.44. The number of hydrogen-bond acceptors (Lipinski definition) is 3. The maximum absolute atomic E-state index is 11.9. The first-order chi connectivity index (χ1) is 8.58. The van der Waals surface area contributed by atoms with Crippen molar-refractivity contribution in [1.29, 1.82) is 0 Å². The molecule has 0 aliphatic carbocycles. The number of anilines is 1. The largest absolute Gasteiger partial charge is 0.324 e. The van der Waals surface area contributed by atoms with E-state index in [0.29, 0.717) is 0 Å². The van der Waals surface area contributed by atoms with Crippen LogP contribution >= 0.6 is 15.9 Å². The Morgan fingerprint density at radius 2 is 2.22 bits per heavy atom. The molecule has 0 aromatic heterocycles. The van der Waals surface area contributed by atoms with E-state index in [4.69, 9.17) is 0 Å². The molecular formula is C13H18BrN3O. The van der Waals surface area contributed by atoms with Gasteiger partial charge in [0, 0.05) is 15.7 Å². The van der Waals surface area contributed by atoms with Gasteiger partial charge in [0.2, 0.25) is 5.91 Å². The van der Waals surface area contributed by atoms with Crippen molar-refractivity contribution < 1.29 is 4.79 Å². The molecule has 4 nitrogen and oxygen atoms in total. The Balaban J connectivity index is 1.96. The Kier molecular flexibility index (Phi) is 4.37. The summed E-state index contributed by atoms with van der Waals surface area (Å²) >= 11 is 3.41. The van der Waals surface area contributed by atoms with Crippen molar-refractivity contribution in [1.82, 2.24) is 10.2 Å². The highest BCUT2D eigenvalue weighted by Crippen LogP contribution is 2.32. The van der Waals surface area contributed by atoms with E-state index >= 15 is 0 Å². The van der Waals surface area contributed by atoms with Crippen molar-refractivity contribution in [3.63, 3.8) is 0 Å². The summed E-state index contributed by atoms with van der Waals surface area (Å²) in [5, 5.41) is 6.20. The fourth-order valence-electron chi connectivity index (χ4n) is 2.08. The van der Waals surface area contributed by atoms with Crippen LogP contribution in [0.5, 0.6) is 0 Å². The molecule has 1 amide bonds. The van der Waals surface area contributed by atoms with E-state index in [9.17, 15) is 4.79 Å². The van der Waals surface area contributed by atoms with Crippen LogP contribution in [0.3, 0.4) is 0 Å². The maximum Gasteiger partial charge on any atom is 0.246 e.